The van der Waals surface area contributed by atoms with Crippen molar-refractivity contribution in [3.8, 4) is 74.4 Å². The zero-order valence-corrected chi connectivity index (χ0v) is 27.3. The number of esters is 2. The largest absolute Gasteiger partial charge is 0.507 e. The van der Waals surface area contributed by atoms with Gasteiger partial charge in [0.2, 0.25) is 17.8 Å². The van der Waals surface area contributed by atoms with Crippen molar-refractivity contribution in [3.05, 3.63) is 64.7 Å². The van der Waals surface area contributed by atoms with Gasteiger partial charge in [-0.2, -0.15) is 0 Å². The number of fused-ring (bicyclic) bond motifs is 4. The Balaban J connectivity index is 1.29. The zero-order valence-electron chi connectivity index (χ0n) is 27.3. The van der Waals surface area contributed by atoms with Crippen LogP contribution in [0.3, 0.4) is 0 Å². The van der Waals surface area contributed by atoms with Crippen molar-refractivity contribution in [3.63, 3.8) is 0 Å². The molecule has 4 aromatic rings. The van der Waals surface area contributed by atoms with Gasteiger partial charge in [-0.05, 0) is 36.2 Å². The third-order valence-electron chi connectivity index (χ3n) is 8.74. The molecule has 1 saturated heterocycles. The summed E-state index contributed by atoms with van der Waals surface area (Å²) >= 11 is 0. The molecule has 0 unspecified atom stereocenters. The van der Waals surface area contributed by atoms with Gasteiger partial charge < -0.3 is 80.2 Å². The van der Waals surface area contributed by atoms with Gasteiger partial charge in [0, 0.05) is 29.7 Å². The van der Waals surface area contributed by atoms with Gasteiger partial charge in [0.15, 0.2) is 46.4 Å². The molecular formula is C35H30O19. The van der Waals surface area contributed by atoms with E-state index in [0.717, 1.165) is 12.1 Å². The first kappa shape index (κ1) is 36.9. The van der Waals surface area contributed by atoms with Crippen molar-refractivity contribution in [1.82, 2.24) is 0 Å². The van der Waals surface area contributed by atoms with E-state index in [1.165, 1.54) is 18.2 Å². The number of aryl methyl sites for hydroxylation is 1. The number of rotatable bonds is 6. The van der Waals surface area contributed by atoms with Crippen LogP contribution in [0.5, 0.6) is 63.2 Å². The third-order valence-corrected chi connectivity index (χ3v) is 8.74. The minimum Gasteiger partial charge on any atom is -0.507 e. The smallest absolute Gasteiger partial charge is 0.339 e. The highest BCUT2D eigenvalue weighted by molar-refractivity contribution is 6.08. The van der Waals surface area contributed by atoms with Crippen molar-refractivity contribution >= 4 is 17.7 Å². The summed E-state index contributed by atoms with van der Waals surface area (Å²) in [6.45, 7) is -0.913. The van der Waals surface area contributed by atoms with Crippen LogP contribution in [0.15, 0.2) is 42.5 Å². The lowest BCUT2D eigenvalue weighted by molar-refractivity contribution is -0.276. The predicted molar refractivity (Wildman–Crippen MR) is 175 cm³/mol. The molecule has 2 aliphatic rings. The van der Waals surface area contributed by atoms with Gasteiger partial charge in [-0.15, -0.1) is 0 Å². The van der Waals surface area contributed by atoms with Gasteiger partial charge >= 0.3 is 11.9 Å². The molecule has 0 amide bonds. The van der Waals surface area contributed by atoms with E-state index in [4.69, 9.17) is 18.9 Å². The van der Waals surface area contributed by atoms with Crippen molar-refractivity contribution in [2.45, 2.75) is 43.5 Å². The Kier molecular flexibility index (Phi) is 9.55. The fourth-order valence-corrected chi connectivity index (χ4v) is 6.00. The van der Waals surface area contributed by atoms with Gasteiger partial charge in [0.1, 0.15) is 47.7 Å². The molecule has 0 spiro atoms. The number of hydrogen-bond acceptors (Lipinski definition) is 19. The van der Waals surface area contributed by atoms with E-state index in [1.807, 2.05) is 0 Å². The minimum atomic E-state index is -2.12. The molecule has 1 fully saturated rings. The number of carbonyl (C=O) groups is 3. The Hall–Kier alpha value is -6.83. The summed E-state index contributed by atoms with van der Waals surface area (Å²) in [6.07, 6.45) is -9.95. The second-order valence-corrected chi connectivity index (χ2v) is 12.2. The highest BCUT2D eigenvalue weighted by atomic mass is 16.7. The lowest BCUT2D eigenvalue weighted by Gasteiger charge is -2.41. The predicted octanol–water partition coefficient (Wildman–Crippen LogP) is 1.45. The van der Waals surface area contributed by atoms with E-state index < -0.39 is 140 Å². The molecule has 2 aliphatic heterocycles. The molecule has 19 nitrogen and oxygen atoms in total. The van der Waals surface area contributed by atoms with E-state index in [0.29, 0.717) is 17.7 Å². The number of ether oxygens (including phenoxy) is 4. The highest BCUT2D eigenvalue weighted by Crippen LogP contribution is 2.53. The average molecular weight is 755 g/mol. The van der Waals surface area contributed by atoms with Crippen LogP contribution in [0.25, 0.3) is 11.1 Å². The van der Waals surface area contributed by atoms with E-state index in [9.17, 15) is 75.7 Å². The Labute approximate surface area is 301 Å². The number of benzene rings is 4. The summed E-state index contributed by atoms with van der Waals surface area (Å²) in [6, 6.07) is 6.82. The van der Waals surface area contributed by atoms with Crippen LogP contribution in [-0.4, -0.2) is 116 Å². The van der Waals surface area contributed by atoms with Gasteiger partial charge in [-0.25, -0.2) is 9.59 Å². The van der Waals surface area contributed by atoms with Crippen LogP contribution in [0.2, 0.25) is 0 Å². The molecule has 2 heterocycles. The van der Waals surface area contributed by atoms with Crippen LogP contribution in [0.1, 0.15) is 43.1 Å². The highest BCUT2D eigenvalue weighted by Gasteiger charge is 2.49. The zero-order chi connectivity index (χ0) is 39.3. The fourth-order valence-electron chi connectivity index (χ4n) is 6.00. The summed E-state index contributed by atoms with van der Waals surface area (Å²) in [5, 5.41) is 125. The van der Waals surface area contributed by atoms with Gasteiger partial charge in [-0.3, -0.25) is 4.79 Å². The molecule has 0 aliphatic carbocycles. The number of carbonyl (C=O) groups excluding carboxylic acids is 3. The van der Waals surface area contributed by atoms with E-state index >= 15 is 0 Å². The number of phenols is 10. The number of phenolic OH excluding ortho intramolecular Hbond substituents is 10. The average Bonchev–Trinajstić information content (AvgIpc) is 3.13. The molecule has 19 heteroatoms. The molecule has 4 aromatic carbocycles. The van der Waals surface area contributed by atoms with Crippen molar-refractivity contribution in [2.24, 2.45) is 0 Å². The van der Waals surface area contributed by atoms with Gasteiger partial charge in [-0.1, -0.05) is 6.07 Å². The quantitative estimate of drug-likeness (QED) is 0.0752. The number of Topliss-reactive ketones (excluding diaryl/α,β-unsaturated/α-hetero) is 1. The number of aliphatic hydroxyl groups excluding tert-OH is 2. The minimum absolute atomic E-state index is 0.0499. The van der Waals surface area contributed by atoms with Crippen molar-refractivity contribution in [1.29, 1.82) is 0 Å². The molecule has 12 N–H and O–H groups in total. The molecule has 0 aromatic heterocycles. The lowest BCUT2D eigenvalue weighted by atomic mass is 9.92. The Morgan fingerprint density at radius 3 is 1.81 bits per heavy atom. The van der Waals surface area contributed by atoms with E-state index in [-0.39, 0.29) is 18.6 Å². The summed E-state index contributed by atoms with van der Waals surface area (Å²) in [5.74, 6) is -13.5. The van der Waals surface area contributed by atoms with Crippen LogP contribution in [0, 0.1) is 0 Å². The van der Waals surface area contributed by atoms with Crippen molar-refractivity contribution in [2.75, 3.05) is 6.61 Å². The topological polar surface area (TPSA) is 331 Å². The number of hydrogen-bond donors (Lipinski definition) is 12. The Bertz CT molecular complexity index is 2170. The second kappa shape index (κ2) is 14.0. The maximum absolute atomic E-state index is 13.6. The first-order chi connectivity index (χ1) is 25.5. The molecule has 284 valence electrons. The molecule has 0 saturated carbocycles. The van der Waals surface area contributed by atoms with Gasteiger partial charge in [0.25, 0.3) is 0 Å². The standard InChI is InChI=1S/C35H30O19/c36-15-3-1-11(5-17(15)38)2-4-16(37)25-18(39)6-12(7-19(25)40)52-35-31(48)30(47)32-22(53-35)10-51-33(49)13-8-20(41)26(43)28(45)23(13)24-14(34(50)54-32)9-21(42)27(44)29(24)46/h1,3,5-9,22,30-32,35-36,38-48H,2,4,10H2/t22-,30-,31-,32-,35-/m1/s1. The lowest BCUT2D eigenvalue weighted by Crippen LogP contribution is -2.61. The third kappa shape index (κ3) is 6.53. The van der Waals surface area contributed by atoms with Crippen LogP contribution >= 0.6 is 0 Å². The van der Waals surface area contributed by atoms with Crippen LogP contribution in [-0.2, 0) is 20.6 Å². The number of aliphatic hydroxyl groups is 2. The second-order valence-electron chi connectivity index (χ2n) is 12.2. The monoisotopic (exact) mass is 754 g/mol. The first-order valence-corrected chi connectivity index (χ1v) is 15.7. The summed E-state index contributed by atoms with van der Waals surface area (Å²) in [4.78, 5) is 39.8. The number of cyclic esters (lactones) is 1. The molecule has 5 atom stereocenters. The molecule has 54 heavy (non-hydrogen) atoms. The molecule has 6 rings (SSSR count). The van der Waals surface area contributed by atoms with Crippen LogP contribution in [0.4, 0.5) is 0 Å². The van der Waals surface area contributed by atoms with E-state index in [2.05, 4.69) is 0 Å². The van der Waals surface area contributed by atoms with E-state index in [1.54, 1.807) is 0 Å². The van der Waals surface area contributed by atoms with Gasteiger partial charge in [0.05, 0.1) is 11.1 Å². The first-order valence-electron chi connectivity index (χ1n) is 15.7. The van der Waals surface area contributed by atoms with Crippen molar-refractivity contribution < 1.29 is 94.6 Å². The number of aromatic hydroxyl groups is 10. The Morgan fingerprint density at radius 2 is 1.24 bits per heavy atom. The molecule has 0 bridgehead atoms. The fraction of sp³-hybridized carbons (Fsp3) is 0.229. The SMILES string of the molecule is O=C1OC[C@H]2O[C@@H](Oc3cc(O)c(C(=O)CCc4ccc(O)c(O)c4)c(O)c3)[C@H](O)[C@@H](O)[C@@H]2OC(=O)c2cc(O)c(O)c(O)c2-c2c1cc(O)c(O)c2O. The summed E-state index contributed by atoms with van der Waals surface area (Å²) < 4.78 is 21.9. The Morgan fingerprint density at radius 1 is 0.667 bits per heavy atom. The maximum Gasteiger partial charge on any atom is 0.339 e. The van der Waals surface area contributed by atoms with Crippen LogP contribution < -0.4 is 4.74 Å². The summed E-state index contributed by atoms with van der Waals surface area (Å²) in [5.41, 5.74) is -3.44. The molecular weight excluding hydrogens is 724 g/mol. The normalized spacial score (nSPS) is 21.0. The number of ketones is 1. The molecule has 0 radical (unpaired) electrons. The summed E-state index contributed by atoms with van der Waals surface area (Å²) in [7, 11) is 0. The maximum atomic E-state index is 13.6.